The molecule has 2 saturated heterocycles. The van der Waals surface area contributed by atoms with Crippen LogP contribution < -0.4 is 0 Å². The number of nitrogens with zero attached hydrogens (tertiary/aromatic N) is 4. The number of benzene rings is 1. The third-order valence-electron chi connectivity index (χ3n) is 8.93. The highest BCUT2D eigenvalue weighted by Gasteiger charge is 2.51. The predicted octanol–water partition coefficient (Wildman–Crippen LogP) is 6.96. The van der Waals surface area contributed by atoms with E-state index < -0.39 is 22.5 Å². The van der Waals surface area contributed by atoms with Crippen molar-refractivity contribution in [2.24, 2.45) is 5.41 Å². The maximum Gasteiger partial charge on any atom is 0.185 e. The molecule has 5 rings (SSSR count). The van der Waals surface area contributed by atoms with Crippen LogP contribution in [0.4, 0.5) is 8.78 Å². The molecule has 0 amide bonds. The molecule has 2 aromatic heterocycles. The van der Waals surface area contributed by atoms with Crippen molar-refractivity contribution in [3.05, 3.63) is 64.9 Å². The van der Waals surface area contributed by atoms with Crippen molar-refractivity contribution in [3.63, 3.8) is 0 Å². The van der Waals surface area contributed by atoms with Crippen molar-refractivity contribution in [1.29, 1.82) is 0 Å². The van der Waals surface area contributed by atoms with Gasteiger partial charge in [0.2, 0.25) is 0 Å². The van der Waals surface area contributed by atoms with Gasteiger partial charge in [0, 0.05) is 72.7 Å². The number of hydrogen-bond acceptors (Lipinski definition) is 8. The molecule has 242 valence electrons. The molecule has 0 saturated carbocycles. The highest BCUT2D eigenvalue weighted by Crippen LogP contribution is 2.46. The fraction of sp³-hybridized carbons (Fsp3) is 0.571. The van der Waals surface area contributed by atoms with Gasteiger partial charge in [0.25, 0.3) is 0 Å². The molecule has 1 aromatic carbocycles. The highest BCUT2D eigenvalue weighted by atomic mass is 19.1. The molecule has 45 heavy (non-hydrogen) atoms. The number of halogens is 2. The molecular formula is C35H44F2N4O4. The quantitative estimate of drug-likeness (QED) is 0.224. The predicted molar refractivity (Wildman–Crippen MR) is 166 cm³/mol. The van der Waals surface area contributed by atoms with E-state index in [1.807, 2.05) is 33.8 Å². The molecule has 2 aliphatic rings. The lowest BCUT2D eigenvalue weighted by Crippen LogP contribution is -2.64. The van der Waals surface area contributed by atoms with Gasteiger partial charge in [-0.25, -0.2) is 18.7 Å². The summed E-state index contributed by atoms with van der Waals surface area (Å²) in [4.78, 5) is 39.0. The largest absolute Gasteiger partial charge is 0.370 e. The number of likely N-dealkylation sites (tertiary alicyclic amines) is 1. The molecule has 0 N–H and O–H groups in total. The number of aromatic nitrogens is 3. The van der Waals surface area contributed by atoms with Gasteiger partial charge in [0.05, 0.1) is 16.8 Å². The Morgan fingerprint density at radius 1 is 0.956 bits per heavy atom. The van der Waals surface area contributed by atoms with E-state index in [1.54, 1.807) is 0 Å². The zero-order chi connectivity index (χ0) is 32.9. The number of aryl methyl sites for hydroxylation is 2. The second kappa shape index (κ2) is 11.8. The SMILES string of the molecule is Cc1cc(C)nc(C(C)(C)CC(=O)CC2(CC(=O)c3cc(-c4ccc(F)cc4F)on3)CN(C3CC(C)(C)OC(C)(C)C3)C2)n1. The first kappa shape index (κ1) is 33.0. The second-order valence-corrected chi connectivity index (χ2v) is 15.1. The van der Waals surface area contributed by atoms with Crippen molar-refractivity contribution in [3.8, 4) is 11.3 Å². The third kappa shape index (κ3) is 7.55. The normalized spacial score (nSPS) is 19.7. The minimum atomic E-state index is -0.806. The Kier molecular flexibility index (Phi) is 8.63. The van der Waals surface area contributed by atoms with Crippen molar-refractivity contribution in [2.75, 3.05) is 13.1 Å². The molecule has 2 fully saturated rings. The summed E-state index contributed by atoms with van der Waals surface area (Å²) in [6.07, 6.45) is 2.24. The van der Waals surface area contributed by atoms with Crippen molar-refractivity contribution in [2.45, 2.75) is 110 Å². The fourth-order valence-corrected chi connectivity index (χ4v) is 7.39. The molecule has 0 spiro atoms. The fourth-order valence-electron chi connectivity index (χ4n) is 7.39. The lowest BCUT2D eigenvalue weighted by molar-refractivity contribution is -0.192. The molecule has 0 bridgehead atoms. The minimum absolute atomic E-state index is 0.0169. The third-order valence-corrected chi connectivity index (χ3v) is 8.93. The Labute approximate surface area is 263 Å². The van der Waals surface area contributed by atoms with E-state index in [1.165, 1.54) is 12.1 Å². The number of Topliss-reactive ketones (excluding diaryl/α,β-unsaturated/α-hetero) is 2. The number of ether oxygens (including phenoxy) is 1. The summed E-state index contributed by atoms with van der Waals surface area (Å²) in [5.41, 5.74) is 0.00399. The standard InChI is InChI=1S/C35H44F2N4O4/c1-21-11-22(2)39-31(38-21)32(3,4)16-25(42)17-35(19-41(20-35)24-14-33(5,6)45-34(7,8)15-24)18-29(43)28-13-30(44-40-28)26-10-9-23(36)12-27(26)37/h9-13,24H,14-20H2,1-8H3. The van der Waals surface area contributed by atoms with Crippen LogP contribution in [0.3, 0.4) is 0 Å². The Bertz CT molecular complexity index is 1570. The van der Waals surface area contributed by atoms with Crippen LogP contribution in [0.1, 0.15) is 101 Å². The highest BCUT2D eigenvalue weighted by molar-refractivity contribution is 5.96. The molecule has 0 aliphatic carbocycles. The van der Waals surface area contributed by atoms with E-state index in [0.29, 0.717) is 18.9 Å². The van der Waals surface area contributed by atoms with Crippen LogP contribution in [-0.2, 0) is 14.9 Å². The van der Waals surface area contributed by atoms with Crippen LogP contribution in [0.15, 0.2) is 34.9 Å². The van der Waals surface area contributed by atoms with Crippen LogP contribution in [0.2, 0.25) is 0 Å². The Hall–Kier alpha value is -3.37. The molecule has 10 heteroatoms. The topological polar surface area (TPSA) is 98.4 Å². The molecule has 8 nitrogen and oxygen atoms in total. The maximum atomic E-state index is 14.4. The molecule has 0 radical (unpaired) electrons. The van der Waals surface area contributed by atoms with E-state index in [-0.39, 0.29) is 65.1 Å². The average molecular weight is 623 g/mol. The summed E-state index contributed by atoms with van der Waals surface area (Å²) in [6, 6.07) is 6.67. The summed E-state index contributed by atoms with van der Waals surface area (Å²) in [7, 11) is 0. The maximum absolute atomic E-state index is 14.4. The molecule has 2 aliphatic heterocycles. The lowest BCUT2D eigenvalue weighted by Gasteiger charge is -2.57. The Morgan fingerprint density at radius 2 is 1.58 bits per heavy atom. The van der Waals surface area contributed by atoms with Gasteiger partial charge < -0.3 is 9.26 Å². The van der Waals surface area contributed by atoms with Crippen molar-refractivity contribution >= 4 is 11.6 Å². The number of hydrogen-bond donors (Lipinski definition) is 0. The van der Waals surface area contributed by atoms with Crippen LogP contribution in [0, 0.1) is 30.9 Å². The Morgan fingerprint density at radius 3 is 2.18 bits per heavy atom. The zero-order valence-corrected chi connectivity index (χ0v) is 27.6. The van der Waals surface area contributed by atoms with Gasteiger partial charge in [-0.05, 0) is 72.6 Å². The summed E-state index contributed by atoms with van der Waals surface area (Å²) in [5.74, 6) is -1.10. The van der Waals surface area contributed by atoms with E-state index in [9.17, 15) is 18.4 Å². The van der Waals surface area contributed by atoms with Gasteiger partial charge >= 0.3 is 0 Å². The van der Waals surface area contributed by atoms with E-state index in [4.69, 9.17) is 9.26 Å². The van der Waals surface area contributed by atoms with Gasteiger partial charge in [0.1, 0.15) is 28.9 Å². The van der Waals surface area contributed by atoms with Crippen LogP contribution in [0.25, 0.3) is 11.3 Å². The van der Waals surface area contributed by atoms with Crippen LogP contribution in [0.5, 0.6) is 0 Å². The number of carbonyl (C=O) groups excluding carboxylic acids is 2. The lowest BCUT2D eigenvalue weighted by atomic mass is 9.68. The van der Waals surface area contributed by atoms with E-state index in [0.717, 1.165) is 36.4 Å². The van der Waals surface area contributed by atoms with Crippen molar-refractivity contribution in [1.82, 2.24) is 20.0 Å². The molecule has 0 unspecified atom stereocenters. The zero-order valence-electron chi connectivity index (χ0n) is 27.6. The minimum Gasteiger partial charge on any atom is -0.370 e. The van der Waals surface area contributed by atoms with Gasteiger partial charge in [-0.15, -0.1) is 0 Å². The van der Waals surface area contributed by atoms with Gasteiger partial charge in [-0.3, -0.25) is 14.5 Å². The van der Waals surface area contributed by atoms with Gasteiger partial charge in [-0.2, -0.15) is 0 Å². The van der Waals surface area contributed by atoms with Crippen LogP contribution >= 0.6 is 0 Å². The first-order valence-corrected chi connectivity index (χ1v) is 15.6. The number of carbonyl (C=O) groups is 2. The summed E-state index contributed by atoms with van der Waals surface area (Å²) in [6.45, 7) is 17.3. The number of rotatable bonds is 10. The second-order valence-electron chi connectivity index (χ2n) is 15.1. The van der Waals surface area contributed by atoms with Gasteiger partial charge in [-0.1, -0.05) is 19.0 Å². The first-order valence-electron chi connectivity index (χ1n) is 15.6. The molecular weight excluding hydrogens is 578 g/mol. The van der Waals surface area contributed by atoms with E-state index >= 15 is 0 Å². The summed E-state index contributed by atoms with van der Waals surface area (Å²) >= 11 is 0. The van der Waals surface area contributed by atoms with Crippen LogP contribution in [-0.4, -0.2) is 61.9 Å². The molecule has 3 aromatic rings. The average Bonchev–Trinajstić information content (AvgIpc) is 3.34. The summed E-state index contributed by atoms with van der Waals surface area (Å²) < 4.78 is 39.4. The van der Waals surface area contributed by atoms with E-state index in [2.05, 4.69) is 47.7 Å². The number of ketones is 2. The molecule has 0 atom stereocenters. The first-order chi connectivity index (χ1) is 20.8. The van der Waals surface area contributed by atoms with Gasteiger partial charge in [0.15, 0.2) is 11.5 Å². The summed E-state index contributed by atoms with van der Waals surface area (Å²) in [5, 5.41) is 3.92. The van der Waals surface area contributed by atoms with Crippen molar-refractivity contribution < 1.29 is 27.6 Å². The molecule has 4 heterocycles. The monoisotopic (exact) mass is 622 g/mol. The Balaban J connectivity index is 1.36. The smallest absolute Gasteiger partial charge is 0.185 e.